The van der Waals surface area contributed by atoms with E-state index in [9.17, 15) is 5.11 Å². The first-order chi connectivity index (χ1) is 7.95. The van der Waals surface area contributed by atoms with E-state index in [4.69, 9.17) is 0 Å². The molecule has 0 radical (unpaired) electrons. The van der Waals surface area contributed by atoms with Gasteiger partial charge in [-0.15, -0.1) is 0 Å². The molecule has 0 spiro atoms. The molecule has 3 atom stereocenters. The molecule has 1 aliphatic heterocycles. The molecule has 2 aliphatic rings. The van der Waals surface area contributed by atoms with E-state index in [2.05, 4.69) is 37.6 Å². The second-order valence-electron chi connectivity index (χ2n) is 6.58. The average Bonchev–Trinajstić information content (AvgIpc) is 2.56. The van der Waals surface area contributed by atoms with Crippen molar-refractivity contribution in [2.24, 2.45) is 5.41 Å². The SMILES string of the molecule is CCC1CN(C2CCC(C)(C)C2O)CCN1C. The number of aliphatic hydroxyl groups excluding tert-OH is 1. The number of rotatable bonds is 2. The zero-order valence-corrected chi connectivity index (χ0v) is 11.8. The van der Waals surface area contributed by atoms with Gasteiger partial charge in [-0.25, -0.2) is 0 Å². The average molecular weight is 240 g/mol. The second kappa shape index (κ2) is 4.87. The molecule has 3 unspecified atom stereocenters. The van der Waals surface area contributed by atoms with Gasteiger partial charge in [0.15, 0.2) is 0 Å². The molecule has 0 aromatic heterocycles. The minimum absolute atomic E-state index is 0.107. The van der Waals surface area contributed by atoms with Crippen molar-refractivity contribution < 1.29 is 5.11 Å². The summed E-state index contributed by atoms with van der Waals surface area (Å²) in [4.78, 5) is 5.00. The van der Waals surface area contributed by atoms with Gasteiger partial charge in [-0.1, -0.05) is 20.8 Å². The largest absolute Gasteiger partial charge is 0.391 e. The Morgan fingerprint density at radius 3 is 2.53 bits per heavy atom. The molecule has 17 heavy (non-hydrogen) atoms. The molecule has 1 saturated carbocycles. The van der Waals surface area contributed by atoms with Crippen LogP contribution in [0.15, 0.2) is 0 Å². The van der Waals surface area contributed by atoms with E-state index in [0.29, 0.717) is 12.1 Å². The summed E-state index contributed by atoms with van der Waals surface area (Å²) in [7, 11) is 2.22. The third-order valence-corrected chi connectivity index (χ3v) is 5.00. The Morgan fingerprint density at radius 2 is 2.00 bits per heavy atom. The summed E-state index contributed by atoms with van der Waals surface area (Å²) in [6.07, 6.45) is 3.37. The van der Waals surface area contributed by atoms with Crippen molar-refractivity contribution in [1.82, 2.24) is 9.80 Å². The molecule has 0 amide bonds. The van der Waals surface area contributed by atoms with E-state index in [1.54, 1.807) is 0 Å². The summed E-state index contributed by atoms with van der Waals surface area (Å²) in [6.45, 7) is 10.0. The Balaban J connectivity index is 2.00. The molecule has 2 rings (SSSR count). The van der Waals surface area contributed by atoms with Gasteiger partial charge in [-0.05, 0) is 31.7 Å². The van der Waals surface area contributed by atoms with Crippen LogP contribution in [-0.2, 0) is 0 Å². The molecule has 1 N–H and O–H groups in total. The van der Waals surface area contributed by atoms with Crippen molar-refractivity contribution in [3.8, 4) is 0 Å². The van der Waals surface area contributed by atoms with Gasteiger partial charge in [-0.3, -0.25) is 4.90 Å². The Morgan fingerprint density at radius 1 is 1.29 bits per heavy atom. The predicted octanol–water partition coefficient (Wildman–Crippen LogP) is 1.56. The van der Waals surface area contributed by atoms with Crippen molar-refractivity contribution in [3.05, 3.63) is 0 Å². The van der Waals surface area contributed by atoms with E-state index in [-0.39, 0.29) is 11.5 Å². The van der Waals surface area contributed by atoms with E-state index >= 15 is 0 Å². The standard InChI is InChI=1S/C14H28N2O/c1-5-11-10-16(9-8-15(11)4)12-6-7-14(2,3)13(12)17/h11-13,17H,5-10H2,1-4H3. The number of aliphatic hydroxyl groups is 1. The fraction of sp³-hybridized carbons (Fsp3) is 1.00. The Bertz CT molecular complexity index is 267. The van der Waals surface area contributed by atoms with E-state index in [0.717, 1.165) is 32.5 Å². The maximum absolute atomic E-state index is 10.4. The summed E-state index contributed by atoms with van der Waals surface area (Å²) < 4.78 is 0. The lowest BCUT2D eigenvalue weighted by Gasteiger charge is -2.43. The molecule has 0 bridgehead atoms. The van der Waals surface area contributed by atoms with Gasteiger partial charge in [0.1, 0.15) is 0 Å². The summed E-state index contributed by atoms with van der Waals surface area (Å²) in [5.74, 6) is 0. The highest BCUT2D eigenvalue weighted by Crippen LogP contribution is 2.40. The van der Waals surface area contributed by atoms with Crippen LogP contribution >= 0.6 is 0 Å². The van der Waals surface area contributed by atoms with E-state index in [1.807, 2.05) is 0 Å². The first-order valence-corrected chi connectivity index (χ1v) is 7.08. The van der Waals surface area contributed by atoms with Gasteiger partial charge in [-0.2, -0.15) is 0 Å². The monoisotopic (exact) mass is 240 g/mol. The fourth-order valence-electron chi connectivity index (χ4n) is 3.44. The smallest absolute Gasteiger partial charge is 0.0746 e. The number of likely N-dealkylation sites (N-methyl/N-ethyl adjacent to an activating group) is 1. The second-order valence-corrected chi connectivity index (χ2v) is 6.58. The van der Waals surface area contributed by atoms with Crippen molar-refractivity contribution in [2.45, 2.75) is 58.2 Å². The minimum atomic E-state index is -0.150. The van der Waals surface area contributed by atoms with Crippen LogP contribution in [0, 0.1) is 5.41 Å². The molecule has 1 aliphatic carbocycles. The van der Waals surface area contributed by atoms with Gasteiger partial charge < -0.3 is 10.0 Å². The minimum Gasteiger partial charge on any atom is -0.391 e. The summed E-state index contributed by atoms with van der Waals surface area (Å²) in [5, 5.41) is 10.4. The first kappa shape index (κ1) is 13.3. The Kier molecular flexibility index (Phi) is 3.81. The van der Waals surface area contributed by atoms with Crippen LogP contribution in [0.1, 0.15) is 40.0 Å². The number of nitrogens with zero attached hydrogens (tertiary/aromatic N) is 2. The van der Waals surface area contributed by atoms with Gasteiger partial charge in [0.25, 0.3) is 0 Å². The molecule has 1 heterocycles. The molecule has 2 fully saturated rings. The van der Waals surface area contributed by atoms with Gasteiger partial charge in [0, 0.05) is 31.7 Å². The van der Waals surface area contributed by atoms with Crippen LogP contribution in [-0.4, -0.2) is 59.8 Å². The number of piperazine rings is 1. The normalized spacial score (nSPS) is 39.7. The van der Waals surface area contributed by atoms with Gasteiger partial charge in [0.05, 0.1) is 6.10 Å². The highest BCUT2D eigenvalue weighted by molar-refractivity contribution is 4.98. The molecule has 1 saturated heterocycles. The topological polar surface area (TPSA) is 26.7 Å². The maximum Gasteiger partial charge on any atom is 0.0746 e. The molecular weight excluding hydrogens is 212 g/mol. The quantitative estimate of drug-likeness (QED) is 0.793. The van der Waals surface area contributed by atoms with Crippen molar-refractivity contribution in [3.63, 3.8) is 0 Å². The van der Waals surface area contributed by atoms with E-state index < -0.39 is 0 Å². The molecule has 0 aromatic carbocycles. The van der Waals surface area contributed by atoms with Crippen LogP contribution in [0.25, 0.3) is 0 Å². The molecular formula is C14H28N2O. The van der Waals surface area contributed by atoms with E-state index in [1.165, 1.54) is 6.42 Å². The zero-order valence-electron chi connectivity index (χ0n) is 11.8. The van der Waals surface area contributed by atoms with Crippen molar-refractivity contribution >= 4 is 0 Å². The van der Waals surface area contributed by atoms with Gasteiger partial charge >= 0.3 is 0 Å². The Labute approximate surface area is 106 Å². The third-order valence-electron chi connectivity index (χ3n) is 5.00. The van der Waals surface area contributed by atoms with Crippen molar-refractivity contribution in [1.29, 1.82) is 0 Å². The fourth-order valence-corrected chi connectivity index (χ4v) is 3.44. The van der Waals surface area contributed by atoms with Crippen LogP contribution in [0.3, 0.4) is 0 Å². The van der Waals surface area contributed by atoms with Crippen LogP contribution in [0.2, 0.25) is 0 Å². The highest BCUT2D eigenvalue weighted by Gasteiger charge is 2.44. The molecule has 0 aromatic rings. The number of hydrogen-bond donors (Lipinski definition) is 1. The van der Waals surface area contributed by atoms with Crippen LogP contribution < -0.4 is 0 Å². The summed E-state index contributed by atoms with van der Waals surface area (Å²) in [5.41, 5.74) is 0.107. The maximum atomic E-state index is 10.4. The zero-order chi connectivity index (χ0) is 12.6. The van der Waals surface area contributed by atoms with Crippen molar-refractivity contribution in [2.75, 3.05) is 26.7 Å². The summed E-state index contributed by atoms with van der Waals surface area (Å²) in [6, 6.07) is 1.06. The van der Waals surface area contributed by atoms with Crippen LogP contribution in [0.5, 0.6) is 0 Å². The number of hydrogen-bond acceptors (Lipinski definition) is 3. The van der Waals surface area contributed by atoms with Gasteiger partial charge in [0.2, 0.25) is 0 Å². The molecule has 100 valence electrons. The molecule has 3 heteroatoms. The lowest BCUT2D eigenvalue weighted by atomic mass is 9.88. The highest BCUT2D eigenvalue weighted by atomic mass is 16.3. The lowest BCUT2D eigenvalue weighted by molar-refractivity contribution is -0.0142. The summed E-state index contributed by atoms with van der Waals surface area (Å²) >= 11 is 0. The lowest BCUT2D eigenvalue weighted by Crippen LogP contribution is -2.56. The Hall–Kier alpha value is -0.120. The third kappa shape index (κ3) is 2.51. The molecule has 3 nitrogen and oxygen atoms in total. The van der Waals surface area contributed by atoms with Crippen LogP contribution in [0.4, 0.5) is 0 Å². The predicted molar refractivity (Wildman–Crippen MR) is 71.1 cm³/mol. The first-order valence-electron chi connectivity index (χ1n) is 7.08.